The van der Waals surface area contributed by atoms with Crippen LogP contribution < -0.4 is 10.1 Å². The molecule has 3 aromatic rings. The topological polar surface area (TPSA) is 75.9 Å². The van der Waals surface area contributed by atoms with Gasteiger partial charge in [-0.3, -0.25) is 9.59 Å². The first kappa shape index (κ1) is 19.6. The Morgan fingerprint density at radius 1 is 1.10 bits per heavy atom. The third-order valence-electron chi connectivity index (χ3n) is 5.99. The van der Waals surface area contributed by atoms with Crippen molar-refractivity contribution in [2.45, 2.75) is 38.3 Å². The number of hydrogen-bond donors (Lipinski definition) is 1. The second-order valence-electron chi connectivity index (χ2n) is 8.45. The normalized spacial score (nSPS) is 18.3. The van der Waals surface area contributed by atoms with Gasteiger partial charge in [-0.1, -0.05) is 0 Å². The van der Waals surface area contributed by atoms with Crippen molar-refractivity contribution in [1.82, 2.24) is 19.6 Å². The molecule has 160 valence electrons. The van der Waals surface area contributed by atoms with E-state index < -0.39 is 0 Å². The molecule has 0 bridgehead atoms. The van der Waals surface area contributed by atoms with Crippen LogP contribution in [0.15, 0.2) is 55.0 Å². The highest BCUT2D eigenvalue weighted by Gasteiger charge is 2.31. The number of carbonyl (C=O) groups excluding carboxylic acids is 2. The van der Waals surface area contributed by atoms with Crippen LogP contribution >= 0.6 is 0 Å². The lowest BCUT2D eigenvalue weighted by molar-refractivity contribution is -0.130. The van der Waals surface area contributed by atoms with Crippen LogP contribution in [0.3, 0.4) is 0 Å². The van der Waals surface area contributed by atoms with E-state index in [2.05, 4.69) is 10.3 Å². The van der Waals surface area contributed by atoms with Gasteiger partial charge in [-0.25, -0.2) is 4.98 Å². The van der Waals surface area contributed by atoms with Crippen molar-refractivity contribution in [2.24, 2.45) is 5.92 Å². The fourth-order valence-corrected chi connectivity index (χ4v) is 3.97. The standard InChI is InChI=1S/C24H26N4O3/c29-23(14-17-1-2-17)28-11-8-21(16-28)31-20-5-3-19(4-6-20)24(30)26-15-18-7-10-27-12-9-25-22(27)13-18/h3-7,9-10,12-13,17,21H,1-2,8,11,14-16H2,(H,26,30)/t21-/m0/s1. The van der Waals surface area contributed by atoms with Gasteiger partial charge in [0.05, 0.1) is 6.54 Å². The fraction of sp³-hybridized carbons (Fsp3) is 0.375. The van der Waals surface area contributed by atoms with E-state index in [1.54, 1.807) is 18.3 Å². The second kappa shape index (κ2) is 8.41. The predicted molar refractivity (Wildman–Crippen MR) is 116 cm³/mol. The Labute approximate surface area is 181 Å². The maximum absolute atomic E-state index is 12.5. The largest absolute Gasteiger partial charge is 0.489 e. The van der Waals surface area contributed by atoms with Crippen LogP contribution in [-0.4, -0.2) is 45.3 Å². The summed E-state index contributed by atoms with van der Waals surface area (Å²) >= 11 is 0. The van der Waals surface area contributed by atoms with Crippen LogP contribution in [0.2, 0.25) is 0 Å². The molecule has 1 N–H and O–H groups in total. The van der Waals surface area contributed by atoms with Crippen molar-refractivity contribution in [2.75, 3.05) is 13.1 Å². The zero-order valence-electron chi connectivity index (χ0n) is 17.4. The number of nitrogens with one attached hydrogen (secondary N) is 1. The summed E-state index contributed by atoms with van der Waals surface area (Å²) < 4.78 is 7.97. The molecule has 2 fully saturated rings. The maximum atomic E-state index is 12.5. The number of hydrogen-bond acceptors (Lipinski definition) is 4. The highest BCUT2D eigenvalue weighted by molar-refractivity contribution is 5.94. The third-order valence-corrected chi connectivity index (χ3v) is 5.99. The minimum atomic E-state index is -0.132. The Hall–Kier alpha value is -3.35. The molecule has 0 spiro atoms. The number of rotatable bonds is 7. The van der Waals surface area contributed by atoms with E-state index in [1.807, 2.05) is 46.0 Å². The molecule has 1 aromatic carbocycles. The van der Waals surface area contributed by atoms with E-state index in [1.165, 1.54) is 12.8 Å². The Balaban J connectivity index is 1.11. The summed E-state index contributed by atoms with van der Waals surface area (Å²) in [6.07, 6.45) is 9.50. The van der Waals surface area contributed by atoms with E-state index in [9.17, 15) is 9.59 Å². The molecule has 7 heteroatoms. The maximum Gasteiger partial charge on any atom is 0.251 e. The number of imidazole rings is 1. The van der Waals surface area contributed by atoms with E-state index in [0.717, 1.165) is 29.9 Å². The lowest BCUT2D eigenvalue weighted by atomic mass is 10.2. The molecule has 31 heavy (non-hydrogen) atoms. The number of pyridine rings is 1. The Bertz CT molecular complexity index is 1090. The van der Waals surface area contributed by atoms with Crippen LogP contribution in [0.25, 0.3) is 5.65 Å². The van der Waals surface area contributed by atoms with E-state index in [-0.39, 0.29) is 17.9 Å². The van der Waals surface area contributed by atoms with Crippen molar-refractivity contribution in [3.8, 4) is 5.75 Å². The number of likely N-dealkylation sites (tertiary alicyclic amines) is 1. The number of aromatic nitrogens is 2. The minimum Gasteiger partial charge on any atom is -0.489 e. The zero-order chi connectivity index (χ0) is 21.2. The Morgan fingerprint density at radius 3 is 2.74 bits per heavy atom. The smallest absolute Gasteiger partial charge is 0.251 e. The summed E-state index contributed by atoms with van der Waals surface area (Å²) in [5, 5.41) is 2.94. The van der Waals surface area contributed by atoms with Crippen molar-refractivity contribution < 1.29 is 14.3 Å². The van der Waals surface area contributed by atoms with Gasteiger partial charge in [-0.2, -0.15) is 0 Å². The molecule has 5 rings (SSSR count). The number of benzene rings is 1. The van der Waals surface area contributed by atoms with E-state index in [0.29, 0.717) is 31.0 Å². The quantitative estimate of drug-likeness (QED) is 0.640. The number of carbonyl (C=O) groups is 2. The van der Waals surface area contributed by atoms with Gasteiger partial charge in [0, 0.05) is 50.1 Å². The lowest BCUT2D eigenvalue weighted by Crippen LogP contribution is -2.31. The summed E-state index contributed by atoms with van der Waals surface area (Å²) in [4.78, 5) is 30.9. The number of ether oxygens (including phenoxy) is 1. The summed E-state index contributed by atoms with van der Waals surface area (Å²) in [6.45, 7) is 1.85. The van der Waals surface area contributed by atoms with Crippen molar-refractivity contribution >= 4 is 17.5 Å². The van der Waals surface area contributed by atoms with Crippen molar-refractivity contribution in [1.29, 1.82) is 0 Å². The molecule has 1 aliphatic carbocycles. The van der Waals surface area contributed by atoms with Crippen LogP contribution in [0, 0.1) is 5.92 Å². The zero-order valence-corrected chi connectivity index (χ0v) is 17.4. The third kappa shape index (κ3) is 4.71. The summed E-state index contributed by atoms with van der Waals surface area (Å²) in [7, 11) is 0. The molecule has 1 atom stereocenters. The van der Waals surface area contributed by atoms with Gasteiger partial charge in [-0.15, -0.1) is 0 Å². The highest BCUT2D eigenvalue weighted by Crippen LogP contribution is 2.33. The van der Waals surface area contributed by atoms with Gasteiger partial charge < -0.3 is 19.4 Å². The first-order chi connectivity index (χ1) is 15.1. The minimum absolute atomic E-state index is 0.0143. The fourth-order valence-electron chi connectivity index (χ4n) is 3.97. The molecule has 2 aliphatic rings. The van der Waals surface area contributed by atoms with Gasteiger partial charge >= 0.3 is 0 Å². The van der Waals surface area contributed by atoms with Gasteiger partial charge in [0.1, 0.15) is 17.5 Å². The van der Waals surface area contributed by atoms with Crippen LogP contribution in [-0.2, 0) is 11.3 Å². The SMILES string of the molecule is O=C(NCc1ccn2ccnc2c1)c1ccc(O[C@H]2CCN(C(=O)CC3CC3)C2)cc1. The first-order valence-corrected chi connectivity index (χ1v) is 10.9. The van der Waals surface area contributed by atoms with E-state index in [4.69, 9.17) is 4.74 Å². The number of nitrogens with zero attached hydrogens (tertiary/aromatic N) is 3. The average Bonchev–Trinajstić information content (AvgIpc) is 3.27. The predicted octanol–water partition coefficient (Wildman–Crippen LogP) is 3.04. The molecule has 1 saturated heterocycles. The van der Waals surface area contributed by atoms with Gasteiger partial charge in [0.15, 0.2) is 0 Å². The molecule has 2 amide bonds. The Morgan fingerprint density at radius 2 is 1.94 bits per heavy atom. The molecular formula is C24H26N4O3. The Kier molecular flexibility index (Phi) is 5.32. The second-order valence-corrected chi connectivity index (χ2v) is 8.45. The molecule has 0 radical (unpaired) electrons. The summed E-state index contributed by atoms with van der Waals surface area (Å²) in [6, 6.07) is 11.1. The molecule has 0 unspecified atom stereocenters. The van der Waals surface area contributed by atoms with Crippen LogP contribution in [0.5, 0.6) is 5.75 Å². The number of amides is 2. The van der Waals surface area contributed by atoms with Gasteiger partial charge in [-0.05, 0) is 60.7 Å². The van der Waals surface area contributed by atoms with Crippen molar-refractivity contribution in [3.05, 3.63) is 66.1 Å². The summed E-state index contributed by atoms with van der Waals surface area (Å²) in [5.74, 6) is 1.46. The van der Waals surface area contributed by atoms with Crippen LogP contribution in [0.4, 0.5) is 0 Å². The molecular weight excluding hydrogens is 392 g/mol. The van der Waals surface area contributed by atoms with Gasteiger partial charge in [0.25, 0.3) is 5.91 Å². The monoisotopic (exact) mass is 418 g/mol. The number of fused-ring (bicyclic) bond motifs is 1. The molecule has 1 saturated carbocycles. The van der Waals surface area contributed by atoms with E-state index >= 15 is 0 Å². The van der Waals surface area contributed by atoms with Crippen molar-refractivity contribution in [3.63, 3.8) is 0 Å². The average molecular weight is 418 g/mol. The molecule has 1 aliphatic heterocycles. The summed E-state index contributed by atoms with van der Waals surface area (Å²) in [5.41, 5.74) is 2.43. The molecule has 7 nitrogen and oxygen atoms in total. The van der Waals surface area contributed by atoms with Gasteiger partial charge in [0.2, 0.25) is 5.91 Å². The lowest BCUT2D eigenvalue weighted by Gasteiger charge is -2.17. The van der Waals surface area contributed by atoms with Crippen LogP contribution in [0.1, 0.15) is 41.6 Å². The molecule has 3 heterocycles. The first-order valence-electron chi connectivity index (χ1n) is 10.9. The highest BCUT2D eigenvalue weighted by atomic mass is 16.5. The molecule has 2 aromatic heterocycles.